The number of aryl methyl sites for hydroxylation is 2. The molecule has 1 saturated heterocycles. The summed E-state index contributed by atoms with van der Waals surface area (Å²) in [4.78, 5) is 51.7. The van der Waals surface area contributed by atoms with Crippen molar-refractivity contribution in [1.82, 2.24) is 10.2 Å². The average Bonchev–Trinajstić information content (AvgIpc) is 2.98. The van der Waals surface area contributed by atoms with Crippen molar-refractivity contribution in [3.63, 3.8) is 0 Å². The van der Waals surface area contributed by atoms with E-state index in [9.17, 15) is 24.3 Å². The number of hydrogen-bond donors (Lipinski definition) is 4. The smallest absolute Gasteiger partial charge is 0.352 e. The van der Waals surface area contributed by atoms with Gasteiger partial charge >= 0.3 is 11.9 Å². The van der Waals surface area contributed by atoms with Crippen LogP contribution in [0.25, 0.3) is 0 Å². The Kier molecular flexibility index (Phi) is 11.7. The molecule has 0 spiro atoms. The number of benzene rings is 1. The molecule has 3 heterocycles. The molecule has 2 amide bonds. The van der Waals surface area contributed by atoms with Gasteiger partial charge in [-0.05, 0) is 30.2 Å². The summed E-state index contributed by atoms with van der Waals surface area (Å²) in [5.74, 6) is -2.17. The number of pyridine rings is 1. The number of hydrogen-bond acceptors (Lipinski definition) is 8. The average molecular weight is 687 g/mol. The number of carboxylic acids is 2. The van der Waals surface area contributed by atoms with Crippen LogP contribution >= 0.6 is 58.5 Å². The maximum Gasteiger partial charge on any atom is 0.352 e. The monoisotopic (exact) mass is 685 g/mol. The SMILES string of the molecule is CCc1cc(SCC2=C(C(=O)O)N3C(=O)[C@H](NC(=O)CSc4cc(Cl)ccc4Cl)[C@H]3SC2)cc[n+]1CCC[C@H](N)C(=O)O. The summed E-state index contributed by atoms with van der Waals surface area (Å²) in [7, 11) is 0. The highest BCUT2D eigenvalue weighted by molar-refractivity contribution is 8.01. The molecule has 10 nitrogen and oxygen atoms in total. The minimum atomic E-state index is -1.18. The Morgan fingerprint density at radius 2 is 1.98 bits per heavy atom. The molecule has 5 N–H and O–H groups in total. The van der Waals surface area contributed by atoms with Crippen molar-refractivity contribution in [3.8, 4) is 0 Å². The molecule has 0 unspecified atom stereocenters. The van der Waals surface area contributed by atoms with E-state index in [1.54, 1.807) is 18.2 Å². The van der Waals surface area contributed by atoms with Gasteiger partial charge in [-0.25, -0.2) is 9.36 Å². The highest BCUT2D eigenvalue weighted by Gasteiger charge is 2.54. The fraction of sp³-hybridized carbons (Fsp3) is 0.393. The number of carboxylic acid groups (broad SMARTS) is 2. The molecule has 15 heteroatoms. The molecule has 0 saturated carbocycles. The molecule has 43 heavy (non-hydrogen) atoms. The number of fused-ring (bicyclic) bond motifs is 1. The highest BCUT2D eigenvalue weighted by Crippen LogP contribution is 2.41. The van der Waals surface area contributed by atoms with Gasteiger partial charge in [0.05, 0.1) is 10.8 Å². The number of carbonyl (C=O) groups excluding carboxylic acids is 2. The Labute approximate surface area is 271 Å². The molecule has 0 aliphatic carbocycles. The molecule has 0 radical (unpaired) electrons. The number of amides is 2. The second-order valence-electron chi connectivity index (χ2n) is 9.85. The van der Waals surface area contributed by atoms with Gasteiger partial charge < -0.3 is 21.3 Å². The summed E-state index contributed by atoms with van der Waals surface area (Å²) in [6, 6.07) is 7.25. The second kappa shape index (κ2) is 15.0. The zero-order valence-electron chi connectivity index (χ0n) is 23.1. The zero-order valence-corrected chi connectivity index (χ0v) is 27.1. The first kappa shape index (κ1) is 33.5. The van der Waals surface area contributed by atoms with Crippen LogP contribution in [0.3, 0.4) is 0 Å². The van der Waals surface area contributed by atoms with Crippen LogP contribution in [0.4, 0.5) is 0 Å². The quantitative estimate of drug-likeness (QED) is 0.132. The van der Waals surface area contributed by atoms with Crippen LogP contribution < -0.4 is 15.6 Å². The molecule has 2 aliphatic rings. The number of nitrogens with two attached hydrogens (primary N) is 1. The number of rotatable bonds is 14. The maximum absolute atomic E-state index is 13.0. The van der Waals surface area contributed by atoms with Crippen LogP contribution in [0.1, 0.15) is 25.5 Å². The summed E-state index contributed by atoms with van der Waals surface area (Å²) in [6.07, 6.45) is 3.71. The summed E-state index contributed by atoms with van der Waals surface area (Å²) in [5.41, 5.74) is 7.28. The summed E-state index contributed by atoms with van der Waals surface area (Å²) in [5, 5.41) is 22.2. The van der Waals surface area contributed by atoms with Gasteiger partial charge in [-0.1, -0.05) is 30.1 Å². The molecule has 1 aromatic heterocycles. The largest absolute Gasteiger partial charge is 0.480 e. The lowest BCUT2D eigenvalue weighted by atomic mass is 10.0. The molecule has 0 bridgehead atoms. The van der Waals surface area contributed by atoms with E-state index >= 15 is 0 Å². The Morgan fingerprint density at radius 3 is 2.67 bits per heavy atom. The van der Waals surface area contributed by atoms with Crippen LogP contribution in [0.5, 0.6) is 0 Å². The van der Waals surface area contributed by atoms with E-state index in [0.29, 0.717) is 51.4 Å². The number of aromatic nitrogens is 1. The Balaban J connectivity index is 1.36. The van der Waals surface area contributed by atoms with Gasteiger partial charge in [-0.3, -0.25) is 19.3 Å². The number of carbonyl (C=O) groups is 4. The minimum Gasteiger partial charge on any atom is -0.480 e. The summed E-state index contributed by atoms with van der Waals surface area (Å²) < 4.78 is 2.07. The van der Waals surface area contributed by atoms with Crippen LogP contribution in [0.15, 0.2) is 57.6 Å². The highest BCUT2D eigenvalue weighted by atomic mass is 35.5. The van der Waals surface area contributed by atoms with Crippen LogP contribution in [0.2, 0.25) is 10.0 Å². The van der Waals surface area contributed by atoms with Gasteiger partial charge in [0, 0.05) is 51.3 Å². The lowest BCUT2D eigenvalue weighted by Crippen LogP contribution is -2.70. The number of aliphatic carboxylic acids is 2. The molecular formula is C28H31Cl2N4O6S3+. The lowest BCUT2D eigenvalue weighted by molar-refractivity contribution is -0.704. The van der Waals surface area contributed by atoms with Crippen LogP contribution in [-0.2, 0) is 32.1 Å². The minimum absolute atomic E-state index is 0.0247. The number of thioether (sulfide) groups is 3. The van der Waals surface area contributed by atoms with Gasteiger partial charge in [-0.15, -0.1) is 35.3 Å². The van der Waals surface area contributed by atoms with Crippen molar-refractivity contribution in [2.24, 2.45) is 5.73 Å². The predicted molar refractivity (Wildman–Crippen MR) is 168 cm³/mol. The van der Waals surface area contributed by atoms with Crippen molar-refractivity contribution in [3.05, 3.63) is 63.5 Å². The number of nitrogens with one attached hydrogen (secondary N) is 1. The molecule has 3 atom stereocenters. The summed E-state index contributed by atoms with van der Waals surface area (Å²) in [6.45, 7) is 2.67. The fourth-order valence-electron chi connectivity index (χ4n) is 4.68. The molecule has 1 fully saturated rings. The van der Waals surface area contributed by atoms with Crippen molar-refractivity contribution >= 4 is 82.2 Å². The van der Waals surface area contributed by atoms with Crippen LogP contribution in [-0.4, -0.2) is 73.6 Å². The van der Waals surface area contributed by atoms with Crippen molar-refractivity contribution in [1.29, 1.82) is 0 Å². The van der Waals surface area contributed by atoms with Crippen LogP contribution in [0, 0.1) is 0 Å². The fourth-order valence-corrected chi connectivity index (χ4v) is 8.42. The normalized spacial score (nSPS) is 18.6. The predicted octanol–water partition coefficient (Wildman–Crippen LogP) is 3.66. The third-order valence-electron chi connectivity index (χ3n) is 6.92. The molecule has 4 rings (SSSR count). The van der Waals surface area contributed by atoms with E-state index in [1.165, 1.54) is 40.2 Å². The van der Waals surface area contributed by atoms with Gasteiger partial charge in [0.15, 0.2) is 11.9 Å². The number of nitrogens with zero attached hydrogens (tertiary/aromatic N) is 2. The second-order valence-corrected chi connectivity index (χ2v) is 13.9. The van der Waals surface area contributed by atoms with E-state index < -0.39 is 35.3 Å². The Morgan fingerprint density at radius 1 is 1.21 bits per heavy atom. The van der Waals surface area contributed by atoms with E-state index in [2.05, 4.69) is 9.88 Å². The van der Waals surface area contributed by atoms with Gasteiger partial charge in [0.25, 0.3) is 5.91 Å². The molecule has 2 aliphatic heterocycles. The zero-order chi connectivity index (χ0) is 31.3. The molecule has 1 aromatic carbocycles. The van der Waals surface area contributed by atoms with Crippen molar-refractivity contribution in [2.75, 3.05) is 17.3 Å². The van der Waals surface area contributed by atoms with E-state index in [-0.39, 0.29) is 17.4 Å². The van der Waals surface area contributed by atoms with Crippen molar-refractivity contribution < 1.29 is 34.0 Å². The first-order valence-electron chi connectivity index (χ1n) is 13.4. The third kappa shape index (κ3) is 8.20. The Hall–Kier alpha value is -2.42. The van der Waals surface area contributed by atoms with E-state index in [4.69, 9.17) is 34.0 Å². The first-order chi connectivity index (χ1) is 20.5. The maximum atomic E-state index is 13.0. The van der Waals surface area contributed by atoms with E-state index in [0.717, 1.165) is 17.0 Å². The number of halogens is 2. The number of β-lactam (4-membered cyclic amide) rings is 1. The standard InChI is InChI=1S/C28H30Cl2N4O6S3/c1-2-17-11-18(7-9-33(17)8-3-4-20(31)27(37)38)41-12-15-13-43-26-23(25(36)34(26)24(15)28(39)40)32-22(35)14-42-21-10-16(29)5-6-19(21)30/h5-7,9-11,20,23,26H,2-4,8,12-14,31H2,1H3,(H2-,32,35,37,38,39,40)/p+1/t20-,23-,26+/m0/s1. The summed E-state index contributed by atoms with van der Waals surface area (Å²) >= 11 is 16.3. The third-order valence-corrected chi connectivity index (χ3v) is 11.1. The van der Waals surface area contributed by atoms with Crippen molar-refractivity contribution in [2.45, 2.75) is 60.0 Å². The molecule has 2 aromatic rings. The lowest BCUT2D eigenvalue weighted by Gasteiger charge is -2.49. The topological polar surface area (TPSA) is 154 Å². The molecule has 230 valence electrons. The first-order valence-corrected chi connectivity index (χ1v) is 17.2. The Bertz CT molecular complexity index is 1460. The van der Waals surface area contributed by atoms with Gasteiger partial charge in [-0.2, -0.15) is 0 Å². The van der Waals surface area contributed by atoms with Gasteiger partial charge in [0.1, 0.15) is 29.7 Å². The molecular weight excluding hydrogens is 655 g/mol. The van der Waals surface area contributed by atoms with E-state index in [1.807, 2.05) is 25.3 Å². The van der Waals surface area contributed by atoms with Gasteiger partial charge in [0.2, 0.25) is 5.91 Å².